The summed E-state index contributed by atoms with van der Waals surface area (Å²) in [7, 11) is 3.02. The van der Waals surface area contributed by atoms with Gasteiger partial charge in [0.1, 0.15) is 5.75 Å². The average Bonchev–Trinajstić information content (AvgIpc) is 2.69. The van der Waals surface area contributed by atoms with Crippen LogP contribution in [0.2, 0.25) is 0 Å². The number of aliphatic hydroxyl groups excluding tert-OH is 1. The van der Waals surface area contributed by atoms with Crippen LogP contribution in [-0.4, -0.2) is 25.3 Å². The van der Waals surface area contributed by atoms with Crippen LogP contribution in [0.25, 0.3) is 0 Å². The standard InChI is InChI=1S/C22H22O4/c1-25-16-9-15-8-14(13-6-4-3-5-7-13)10-17-18(22(24)26-2)12-20(23)19(11-16)21(15)17/h3-7,9,11-12,14,17,20,23H,8,10H2,1-2H3/t14-,17+,20?/m1/s1. The minimum Gasteiger partial charge on any atom is -0.497 e. The zero-order valence-corrected chi connectivity index (χ0v) is 14.9. The fourth-order valence-corrected chi connectivity index (χ4v) is 4.38. The molecule has 0 aromatic heterocycles. The Balaban J connectivity index is 1.86. The number of hydrogen-bond donors (Lipinski definition) is 1. The SMILES string of the molecule is COC(=O)C1=CC(O)c2cc(OC)cc3c2[C@H]1C[C@H](c1ccccc1)C3. The van der Waals surface area contributed by atoms with Gasteiger partial charge in [0.2, 0.25) is 0 Å². The highest BCUT2D eigenvalue weighted by Gasteiger charge is 2.39. The van der Waals surface area contributed by atoms with E-state index in [1.165, 1.54) is 12.7 Å². The maximum Gasteiger partial charge on any atom is 0.334 e. The van der Waals surface area contributed by atoms with Crippen molar-refractivity contribution < 1.29 is 19.4 Å². The van der Waals surface area contributed by atoms with Gasteiger partial charge in [0.05, 0.1) is 20.3 Å². The molecular formula is C22H22O4. The normalized spacial score (nSPS) is 23.7. The molecule has 2 aromatic carbocycles. The second kappa shape index (κ2) is 6.61. The Morgan fingerprint density at radius 1 is 1.15 bits per heavy atom. The van der Waals surface area contributed by atoms with Gasteiger partial charge in [-0.25, -0.2) is 4.79 Å². The number of esters is 1. The first kappa shape index (κ1) is 16.9. The molecule has 2 aliphatic carbocycles. The third-order valence-electron chi connectivity index (χ3n) is 5.57. The highest BCUT2D eigenvalue weighted by atomic mass is 16.5. The van der Waals surface area contributed by atoms with Crippen LogP contribution in [0, 0.1) is 0 Å². The lowest BCUT2D eigenvalue weighted by Crippen LogP contribution is -2.28. The van der Waals surface area contributed by atoms with Crippen molar-refractivity contribution in [3.8, 4) is 5.75 Å². The second-order valence-corrected chi connectivity index (χ2v) is 6.95. The van der Waals surface area contributed by atoms with Crippen LogP contribution in [-0.2, 0) is 16.0 Å². The minimum atomic E-state index is -0.822. The topological polar surface area (TPSA) is 55.8 Å². The fourth-order valence-electron chi connectivity index (χ4n) is 4.38. The van der Waals surface area contributed by atoms with Gasteiger partial charge in [-0.2, -0.15) is 0 Å². The number of benzene rings is 2. The molecule has 26 heavy (non-hydrogen) atoms. The Bertz CT molecular complexity index is 869. The maximum absolute atomic E-state index is 12.4. The fraction of sp³-hybridized carbons (Fsp3) is 0.318. The summed E-state index contributed by atoms with van der Waals surface area (Å²) in [5.41, 5.74) is 4.85. The predicted octanol–water partition coefficient (Wildman–Crippen LogP) is 3.66. The first-order valence-electron chi connectivity index (χ1n) is 8.86. The number of methoxy groups -OCH3 is 2. The molecule has 0 saturated carbocycles. The Hall–Kier alpha value is -2.59. The zero-order valence-electron chi connectivity index (χ0n) is 14.9. The Kier molecular flexibility index (Phi) is 4.29. The number of carbonyl (C=O) groups is 1. The molecule has 1 N–H and O–H groups in total. The van der Waals surface area contributed by atoms with Gasteiger partial charge in [0.25, 0.3) is 0 Å². The highest BCUT2D eigenvalue weighted by molar-refractivity contribution is 5.91. The van der Waals surface area contributed by atoms with Gasteiger partial charge < -0.3 is 14.6 Å². The van der Waals surface area contributed by atoms with Gasteiger partial charge in [0.15, 0.2) is 0 Å². The van der Waals surface area contributed by atoms with Gasteiger partial charge in [-0.3, -0.25) is 0 Å². The molecule has 4 rings (SSSR count). The van der Waals surface area contributed by atoms with Crippen molar-refractivity contribution in [2.24, 2.45) is 0 Å². The molecule has 4 heteroatoms. The quantitative estimate of drug-likeness (QED) is 0.859. The van der Waals surface area contributed by atoms with Crippen molar-refractivity contribution in [2.45, 2.75) is 30.8 Å². The summed E-state index contributed by atoms with van der Waals surface area (Å²) in [6.45, 7) is 0. The van der Waals surface area contributed by atoms with E-state index in [2.05, 4.69) is 12.1 Å². The summed E-state index contributed by atoms with van der Waals surface area (Å²) < 4.78 is 10.4. The summed E-state index contributed by atoms with van der Waals surface area (Å²) in [4.78, 5) is 12.4. The van der Waals surface area contributed by atoms with Gasteiger partial charge in [-0.05, 0) is 59.2 Å². The van der Waals surface area contributed by atoms with Crippen LogP contribution in [0.3, 0.4) is 0 Å². The van der Waals surface area contributed by atoms with E-state index < -0.39 is 6.10 Å². The summed E-state index contributed by atoms with van der Waals surface area (Å²) in [5.74, 6) is 0.605. The lowest BCUT2D eigenvalue weighted by Gasteiger charge is -2.38. The molecule has 0 spiro atoms. The van der Waals surface area contributed by atoms with Crippen LogP contribution >= 0.6 is 0 Å². The average molecular weight is 350 g/mol. The maximum atomic E-state index is 12.4. The van der Waals surface area contributed by atoms with Crippen LogP contribution in [0.4, 0.5) is 0 Å². The molecule has 0 heterocycles. The number of carbonyl (C=O) groups excluding carboxylic acids is 1. The van der Waals surface area contributed by atoms with E-state index in [4.69, 9.17) is 9.47 Å². The van der Waals surface area contributed by atoms with Gasteiger partial charge in [0, 0.05) is 11.5 Å². The smallest absolute Gasteiger partial charge is 0.334 e. The number of aliphatic hydroxyl groups is 1. The van der Waals surface area contributed by atoms with Crippen molar-refractivity contribution in [3.63, 3.8) is 0 Å². The van der Waals surface area contributed by atoms with Crippen LogP contribution in [0.1, 0.15) is 46.6 Å². The van der Waals surface area contributed by atoms with Crippen molar-refractivity contribution in [1.29, 1.82) is 0 Å². The summed E-state index contributed by atoms with van der Waals surface area (Å²) in [5, 5.41) is 10.6. The summed E-state index contributed by atoms with van der Waals surface area (Å²) in [6.07, 6.45) is 2.50. The second-order valence-electron chi connectivity index (χ2n) is 6.95. The third kappa shape index (κ3) is 2.71. The monoisotopic (exact) mass is 350 g/mol. The van der Waals surface area contributed by atoms with Crippen molar-refractivity contribution >= 4 is 5.97 Å². The lowest BCUT2D eigenvalue weighted by atomic mass is 9.67. The molecule has 0 saturated heterocycles. The van der Waals surface area contributed by atoms with Crippen LogP contribution in [0.15, 0.2) is 54.1 Å². The summed E-state index contributed by atoms with van der Waals surface area (Å²) in [6, 6.07) is 14.3. The molecule has 2 aromatic rings. The van der Waals surface area contributed by atoms with Crippen LogP contribution < -0.4 is 4.74 Å². The van der Waals surface area contributed by atoms with Gasteiger partial charge in [-0.15, -0.1) is 0 Å². The highest BCUT2D eigenvalue weighted by Crippen LogP contribution is 2.50. The molecule has 0 bridgehead atoms. The molecule has 0 fully saturated rings. The molecule has 0 amide bonds. The largest absolute Gasteiger partial charge is 0.497 e. The van der Waals surface area contributed by atoms with Crippen LogP contribution in [0.5, 0.6) is 5.75 Å². The molecule has 3 atom stereocenters. The van der Waals surface area contributed by atoms with E-state index in [1.807, 2.05) is 30.3 Å². The molecule has 4 nitrogen and oxygen atoms in total. The minimum absolute atomic E-state index is 0.0688. The molecule has 134 valence electrons. The molecule has 1 unspecified atom stereocenters. The zero-order chi connectivity index (χ0) is 18.3. The summed E-state index contributed by atoms with van der Waals surface area (Å²) >= 11 is 0. The first-order chi connectivity index (χ1) is 12.6. The molecular weight excluding hydrogens is 328 g/mol. The third-order valence-corrected chi connectivity index (χ3v) is 5.57. The van der Waals surface area contributed by atoms with Crippen molar-refractivity contribution in [3.05, 3.63) is 76.4 Å². The van der Waals surface area contributed by atoms with Crippen molar-refractivity contribution in [1.82, 2.24) is 0 Å². The van der Waals surface area contributed by atoms with Gasteiger partial charge >= 0.3 is 5.97 Å². The van der Waals surface area contributed by atoms with Crippen molar-refractivity contribution in [2.75, 3.05) is 14.2 Å². The lowest BCUT2D eigenvalue weighted by molar-refractivity contribution is -0.136. The Labute approximate surface area is 153 Å². The predicted molar refractivity (Wildman–Crippen MR) is 98.3 cm³/mol. The van der Waals surface area contributed by atoms with E-state index >= 15 is 0 Å². The number of rotatable bonds is 3. The first-order valence-corrected chi connectivity index (χ1v) is 8.86. The van der Waals surface area contributed by atoms with E-state index in [-0.39, 0.29) is 11.9 Å². The molecule has 0 aliphatic heterocycles. The number of hydrogen-bond acceptors (Lipinski definition) is 4. The molecule has 2 aliphatic rings. The van der Waals surface area contributed by atoms with E-state index in [1.54, 1.807) is 13.2 Å². The number of ether oxygens (including phenoxy) is 2. The molecule has 0 radical (unpaired) electrons. The van der Waals surface area contributed by atoms with E-state index in [0.717, 1.165) is 35.3 Å². The Morgan fingerprint density at radius 2 is 1.92 bits per heavy atom. The van der Waals surface area contributed by atoms with Gasteiger partial charge in [-0.1, -0.05) is 30.3 Å². The van der Waals surface area contributed by atoms with E-state index in [0.29, 0.717) is 11.5 Å². The van der Waals surface area contributed by atoms with E-state index in [9.17, 15) is 9.90 Å². The Morgan fingerprint density at radius 3 is 2.62 bits per heavy atom.